The number of hydrogen-bond donors (Lipinski definition) is 1. The standard InChI is InChI=1S/C17H29N3O2S/c1-13-19-11-14(23-13)10-18-12-17(5)6-8-20(9-7-17)15(21)22-16(2,3)4/h11,18H,6-10,12H2,1-5H3. The summed E-state index contributed by atoms with van der Waals surface area (Å²) in [5.41, 5.74) is -0.190. The summed E-state index contributed by atoms with van der Waals surface area (Å²) in [7, 11) is 0. The lowest BCUT2D eigenvalue weighted by Gasteiger charge is -2.39. The van der Waals surface area contributed by atoms with Gasteiger partial charge in [0.1, 0.15) is 5.60 Å². The van der Waals surface area contributed by atoms with Crippen molar-refractivity contribution in [3.05, 3.63) is 16.1 Å². The zero-order chi connectivity index (χ0) is 17.1. The number of aromatic nitrogens is 1. The molecule has 1 aliphatic heterocycles. The van der Waals surface area contributed by atoms with Gasteiger partial charge in [0, 0.05) is 37.3 Å². The smallest absolute Gasteiger partial charge is 0.410 e. The zero-order valence-corrected chi connectivity index (χ0v) is 15.8. The summed E-state index contributed by atoms with van der Waals surface area (Å²) in [4.78, 5) is 19.5. The summed E-state index contributed by atoms with van der Waals surface area (Å²) >= 11 is 1.74. The molecule has 1 saturated heterocycles. The molecule has 0 atom stereocenters. The fourth-order valence-corrected chi connectivity index (χ4v) is 3.47. The summed E-state index contributed by atoms with van der Waals surface area (Å²) in [6.07, 6.45) is 3.76. The van der Waals surface area contributed by atoms with Crippen molar-refractivity contribution >= 4 is 17.4 Å². The summed E-state index contributed by atoms with van der Waals surface area (Å²) in [5, 5.41) is 4.65. The van der Waals surface area contributed by atoms with Gasteiger partial charge in [0.2, 0.25) is 0 Å². The predicted octanol–water partition coefficient (Wildman–Crippen LogP) is 3.58. The SMILES string of the molecule is Cc1ncc(CNCC2(C)CCN(C(=O)OC(C)(C)C)CC2)s1. The van der Waals surface area contributed by atoms with Crippen LogP contribution < -0.4 is 5.32 Å². The van der Waals surface area contributed by atoms with E-state index in [-0.39, 0.29) is 11.5 Å². The molecular weight excluding hydrogens is 310 g/mol. The first kappa shape index (κ1) is 18.2. The van der Waals surface area contributed by atoms with Gasteiger partial charge in [-0.3, -0.25) is 0 Å². The number of ether oxygens (including phenoxy) is 1. The quantitative estimate of drug-likeness (QED) is 0.911. The van der Waals surface area contributed by atoms with Gasteiger partial charge in [0.15, 0.2) is 0 Å². The molecule has 0 unspecified atom stereocenters. The summed E-state index contributed by atoms with van der Waals surface area (Å²) in [6, 6.07) is 0. The first-order valence-corrected chi connectivity index (χ1v) is 9.08. The van der Waals surface area contributed by atoms with E-state index >= 15 is 0 Å². The Hall–Kier alpha value is -1.14. The fourth-order valence-electron chi connectivity index (χ4n) is 2.71. The van der Waals surface area contributed by atoms with Gasteiger partial charge in [-0.05, 0) is 46.0 Å². The first-order chi connectivity index (χ1) is 10.7. The number of hydrogen-bond acceptors (Lipinski definition) is 5. The van der Waals surface area contributed by atoms with Crippen LogP contribution in [0.4, 0.5) is 4.79 Å². The van der Waals surface area contributed by atoms with Gasteiger partial charge in [0.05, 0.1) is 5.01 Å². The Labute approximate surface area is 143 Å². The van der Waals surface area contributed by atoms with E-state index in [0.29, 0.717) is 0 Å². The van der Waals surface area contributed by atoms with Gasteiger partial charge in [-0.15, -0.1) is 11.3 Å². The molecule has 0 saturated carbocycles. The van der Waals surface area contributed by atoms with Crippen molar-refractivity contribution in [2.24, 2.45) is 5.41 Å². The van der Waals surface area contributed by atoms with Crippen molar-refractivity contribution in [2.45, 2.75) is 59.6 Å². The molecule has 5 nitrogen and oxygen atoms in total. The largest absolute Gasteiger partial charge is 0.444 e. The second-order valence-electron chi connectivity index (χ2n) is 7.73. The molecule has 0 spiro atoms. The van der Waals surface area contributed by atoms with Gasteiger partial charge >= 0.3 is 6.09 Å². The lowest BCUT2D eigenvalue weighted by atomic mass is 9.80. The molecule has 1 amide bonds. The lowest BCUT2D eigenvalue weighted by Crippen LogP contribution is -2.47. The Morgan fingerprint density at radius 1 is 1.43 bits per heavy atom. The van der Waals surface area contributed by atoms with Crippen molar-refractivity contribution < 1.29 is 9.53 Å². The van der Waals surface area contributed by atoms with E-state index in [2.05, 4.69) is 17.2 Å². The Morgan fingerprint density at radius 3 is 2.61 bits per heavy atom. The van der Waals surface area contributed by atoms with E-state index in [9.17, 15) is 4.79 Å². The second-order valence-corrected chi connectivity index (χ2v) is 9.05. The van der Waals surface area contributed by atoms with E-state index in [1.165, 1.54) is 4.88 Å². The minimum Gasteiger partial charge on any atom is -0.444 e. The predicted molar refractivity (Wildman–Crippen MR) is 93.7 cm³/mol. The number of rotatable bonds is 4. The van der Waals surface area contributed by atoms with Crippen LogP contribution in [0.3, 0.4) is 0 Å². The van der Waals surface area contributed by atoms with E-state index in [1.54, 1.807) is 11.3 Å². The molecule has 0 aromatic carbocycles. The van der Waals surface area contributed by atoms with Crippen LogP contribution in [0.15, 0.2) is 6.20 Å². The number of amides is 1. The highest BCUT2D eigenvalue weighted by Crippen LogP contribution is 2.31. The highest BCUT2D eigenvalue weighted by atomic mass is 32.1. The zero-order valence-electron chi connectivity index (χ0n) is 14.9. The van der Waals surface area contributed by atoms with Crippen molar-refractivity contribution in [1.82, 2.24) is 15.2 Å². The molecule has 1 aliphatic rings. The average molecular weight is 340 g/mol. The molecule has 1 fully saturated rings. The summed E-state index contributed by atoms with van der Waals surface area (Å²) in [5.74, 6) is 0. The molecule has 130 valence electrons. The van der Waals surface area contributed by atoms with Crippen molar-refractivity contribution in [2.75, 3.05) is 19.6 Å². The van der Waals surface area contributed by atoms with Crippen LogP contribution in [0, 0.1) is 12.3 Å². The minimum absolute atomic E-state index is 0.187. The van der Waals surface area contributed by atoms with Crippen LogP contribution in [0.1, 0.15) is 50.4 Å². The molecule has 23 heavy (non-hydrogen) atoms. The number of thiazole rings is 1. The third kappa shape index (κ3) is 5.77. The summed E-state index contributed by atoms with van der Waals surface area (Å²) in [6.45, 7) is 13.4. The maximum absolute atomic E-state index is 12.1. The van der Waals surface area contributed by atoms with Crippen molar-refractivity contribution in [1.29, 1.82) is 0 Å². The number of carbonyl (C=O) groups excluding carboxylic acids is 1. The highest BCUT2D eigenvalue weighted by Gasteiger charge is 2.33. The molecule has 2 rings (SSSR count). The number of piperidine rings is 1. The average Bonchev–Trinajstić information content (AvgIpc) is 2.83. The second kappa shape index (κ2) is 7.18. The topological polar surface area (TPSA) is 54.5 Å². The molecule has 1 N–H and O–H groups in total. The van der Waals surface area contributed by atoms with E-state index < -0.39 is 5.60 Å². The van der Waals surface area contributed by atoms with Crippen molar-refractivity contribution in [3.63, 3.8) is 0 Å². The van der Waals surface area contributed by atoms with Gasteiger partial charge in [-0.1, -0.05) is 6.92 Å². The van der Waals surface area contributed by atoms with Gasteiger partial charge in [0.25, 0.3) is 0 Å². The van der Waals surface area contributed by atoms with Crippen molar-refractivity contribution in [3.8, 4) is 0 Å². The highest BCUT2D eigenvalue weighted by molar-refractivity contribution is 7.11. The molecule has 1 aromatic heterocycles. The number of nitrogens with one attached hydrogen (secondary N) is 1. The van der Waals surface area contributed by atoms with Gasteiger partial charge in [-0.25, -0.2) is 9.78 Å². The van der Waals surface area contributed by atoms with Crippen LogP contribution in [0.25, 0.3) is 0 Å². The van der Waals surface area contributed by atoms with Crippen LogP contribution >= 0.6 is 11.3 Å². The van der Waals surface area contributed by atoms with Crippen LogP contribution in [-0.2, 0) is 11.3 Å². The Kier molecular flexibility index (Phi) is 5.68. The number of likely N-dealkylation sites (tertiary alicyclic amines) is 1. The Morgan fingerprint density at radius 2 is 2.09 bits per heavy atom. The fraction of sp³-hybridized carbons (Fsp3) is 0.765. The van der Waals surface area contributed by atoms with Crippen LogP contribution in [-0.4, -0.2) is 41.2 Å². The van der Waals surface area contributed by atoms with Gasteiger partial charge < -0.3 is 15.0 Å². The number of carbonyl (C=O) groups is 1. The van der Waals surface area contributed by atoms with Crippen LogP contribution in [0.5, 0.6) is 0 Å². The monoisotopic (exact) mass is 339 g/mol. The molecule has 2 heterocycles. The molecule has 6 heteroatoms. The normalized spacial score (nSPS) is 18.0. The van der Waals surface area contributed by atoms with E-state index in [4.69, 9.17) is 4.74 Å². The molecule has 0 radical (unpaired) electrons. The third-order valence-corrected chi connectivity index (χ3v) is 5.06. The first-order valence-electron chi connectivity index (χ1n) is 8.27. The van der Waals surface area contributed by atoms with E-state index in [1.807, 2.05) is 38.8 Å². The molecule has 0 aliphatic carbocycles. The Balaban J connectivity index is 1.74. The molecule has 0 bridgehead atoms. The number of nitrogens with zero attached hydrogens (tertiary/aromatic N) is 2. The molecule has 1 aromatic rings. The lowest BCUT2D eigenvalue weighted by molar-refractivity contribution is 0.0119. The van der Waals surface area contributed by atoms with Crippen LogP contribution in [0.2, 0.25) is 0 Å². The molecular formula is C17H29N3O2S. The Bertz CT molecular complexity index is 528. The maximum atomic E-state index is 12.1. The third-order valence-electron chi connectivity index (χ3n) is 4.14. The van der Waals surface area contributed by atoms with Gasteiger partial charge in [-0.2, -0.15) is 0 Å². The van der Waals surface area contributed by atoms with E-state index in [0.717, 1.165) is 44.0 Å². The summed E-state index contributed by atoms with van der Waals surface area (Å²) < 4.78 is 5.45. The maximum Gasteiger partial charge on any atom is 0.410 e. The minimum atomic E-state index is -0.424. The number of aryl methyl sites for hydroxylation is 1.